The Morgan fingerprint density at radius 3 is 2.27 bits per heavy atom. The molecular formula is C43H50ClN5O7. The topological polar surface area (TPSA) is 132 Å². The average molecular weight is 784 g/mol. The van der Waals surface area contributed by atoms with Crippen LogP contribution >= 0.6 is 11.6 Å². The molecule has 2 aromatic heterocycles. The average Bonchev–Trinajstić information content (AvgIpc) is 3.66. The number of carbonyl (C=O) groups is 1. The smallest absolute Gasteiger partial charge is 0.306 e. The number of ether oxygens (including phenoxy) is 4. The summed E-state index contributed by atoms with van der Waals surface area (Å²) < 4.78 is 24.9. The third kappa shape index (κ3) is 7.94. The van der Waals surface area contributed by atoms with E-state index in [9.17, 15) is 15.0 Å². The summed E-state index contributed by atoms with van der Waals surface area (Å²) in [6.07, 6.45) is 5.12. The van der Waals surface area contributed by atoms with Gasteiger partial charge in [0.25, 0.3) is 0 Å². The number of nitrogens with zero attached hydrogens (tertiary/aromatic N) is 5. The summed E-state index contributed by atoms with van der Waals surface area (Å²) in [4.78, 5) is 20.7. The number of fused-ring (bicyclic) bond motifs is 1. The first-order valence-electron chi connectivity index (χ1n) is 19.1. The molecule has 1 aliphatic carbocycles. The minimum atomic E-state index is -0.695. The van der Waals surface area contributed by atoms with Crippen molar-refractivity contribution in [2.75, 3.05) is 48.6 Å². The van der Waals surface area contributed by atoms with Gasteiger partial charge < -0.3 is 29.2 Å². The van der Waals surface area contributed by atoms with Crippen molar-refractivity contribution in [2.24, 2.45) is 5.92 Å². The number of likely N-dealkylation sites (N-methyl/N-ethyl adjacent to an activating group) is 1. The van der Waals surface area contributed by atoms with Crippen molar-refractivity contribution in [2.45, 2.75) is 63.4 Å². The summed E-state index contributed by atoms with van der Waals surface area (Å²) in [7, 11) is 8.99. The zero-order valence-electron chi connectivity index (χ0n) is 32.6. The van der Waals surface area contributed by atoms with Gasteiger partial charge in [-0.05, 0) is 63.9 Å². The van der Waals surface area contributed by atoms with Gasteiger partial charge >= 0.3 is 5.97 Å². The van der Waals surface area contributed by atoms with Gasteiger partial charge in [-0.1, -0.05) is 48.0 Å². The molecule has 0 spiro atoms. The van der Waals surface area contributed by atoms with Gasteiger partial charge in [0.15, 0.2) is 0 Å². The number of carboxylic acid groups (broad SMARTS) is 1. The highest BCUT2D eigenvalue weighted by Gasteiger charge is 2.30. The SMILES string of the molecule is COc1cc(-n2ncc3c(-c4cccc(-c5ccc(CN(C)C6CCC(C(=O)O)CC6)c(OC)n5)c4Cl)cccc32)cc(OC)c1CN(C)[C@@H]1CCOC[C@@H]1O. The van der Waals surface area contributed by atoms with E-state index in [0.29, 0.717) is 73.3 Å². The van der Waals surface area contributed by atoms with Crippen molar-refractivity contribution >= 4 is 28.5 Å². The normalized spacial score (nSPS) is 20.1. The number of aliphatic carboxylic acids is 1. The van der Waals surface area contributed by atoms with Gasteiger partial charge in [-0.25, -0.2) is 9.67 Å². The van der Waals surface area contributed by atoms with Crippen LogP contribution in [0.3, 0.4) is 0 Å². The van der Waals surface area contributed by atoms with Crippen LogP contribution in [-0.4, -0.2) is 108 Å². The van der Waals surface area contributed by atoms with Crippen molar-refractivity contribution < 1.29 is 34.0 Å². The summed E-state index contributed by atoms with van der Waals surface area (Å²) in [6, 6.07) is 20.2. The van der Waals surface area contributed by atoms with Gasteiger partial charge in [-0.2, -0.15) is 5.10 Å². The molecular weight excluding hydrogens is 734 g/mol. The molecule has 2 atom stereocenters. The Hall–Kier alpha value is -4.72. The molecule has 12 nitrogen and oxygen atoms in total. The van der Waals surface area contributed by atoms with E-state index in [1.54, 1.807) is 21.3 Å². The van der Waals surface area contributed by atoms with Crippen LogP contribution < -0.4 is 14.2 Å². The molecule has 2 N–H and O–H groups in total. The predicted octanol–water partition coefficient (Wildman–Crippen LogP) is 7.09. The maximum atomic E-state index is 11.4. The Labute approximate surface area is 332 Å². The van der Waals surface area contributed by atoms with Crippen LogP contribution in [0.5, 0.6) is 17.4 Å². The van der Waals surface area contributed by atoms with Crippen molar-refractivity contribution in [3.8, 4) is 45.5 Å². The first kappa shape index (κ1) is 39.5. The number of aliphatic hydroxyl groups is 1. The van der Waals surface area contributed by atoms with E-state index < -0.39 is 12.1 Å². The minimum Gasteiger partial charge on any atom is -0.496 e. The zero-order chi connectivity index (χ0) is 39.5. The molecule has 0 bridgehead atoms. The molecule has 5 aromatic rings. The molecule has 0 radical (unpaired) electrons. The number of rotatable bonds is 13. The summed E-state index contributed by atoms with van der Waals surface area (Å²) in [5, 5.41) is 26.3. The number of hydrogen-bond acceptors (Lipinski definition) is 10. The largest absolute Gasteiger partial charge is 0.496 e. The van der Waals surface area contributed by atoms with Crippen molar-refractivity contribution in [3.05, 3.63) is 83.0 Å². The van der Waals surface area contributed by atoms with Gasteiger partial charge in [0.2, 0.25) is 5.88 Å². The number of carboxylic acids is 1. The van der Waals surface area contributed by atoms with E-state index in [-0.39, 0.29) is 12.0 Å². The quantitative estimate of drug-likeness (QED) is 0.127. The lowest BCUT2D eigenvalue weighted by atomic mass is 9.85. The third-order valence-corrected chi connectivity index (χ3v) is 11.9. The van der Waals surface area contributed by atoms with E-state index in [2.05, 4.69) is 16.8 Å². The van der Waals surface area contributed by atoms with Crippen LogP contribution in [0.1, 0.15) is 43.2 Å². The van der Waals surface area contributed by atoms with Gasteiger partial charge in [-0.3, -0.25) is 14.6 Å². The number of hydrogen-bond donors (Lipinski definition) is 2. The molecule has 0 amide bonds. The maximum Gasteiger partial charge on any atom is 0.306 e. The van der Waals surface area contributed by atoms with Crippen molar-refractivity contribution in [1.82, 2.24) is 24.6 Å². The highest BCUT2D eigenvalue weighted by atomic mass is 35.5. The van der Waals surface area contributed by atoms with E-state index >= 15 is 0 Å². The standard InChI is InChI=1S/C43H50ClN5O7/c1-47(28-15-12-26(13-16-28)43(51)52)23-27-14-17-35(46-42(27)55-5)32-10-6-9-31(41(32)44)30-8-7-11-36-33(30)22-45-49(36)29-20-39(53-3)34(40(21-29)54-4)24-48(2)37-18-19-56-25-38(37)50/h6-11,14,17,20-22,26,28,37-38,50H,12-13,15-16,18-19,23-25H2,1-5H3,(H,51,52)/t26?,28?,37-,38+/m1/s1. The van der Waals surface area contributed by atoms with Crippen molar-refractivity contribution in [1.29, 1.82) is 0 Å². The summed E-state index contributed by atoms with van der Waals surface area (Å²) in [5.41, 5.74) is 6.74. The Kier molecular flexibility index (Phi) is 12.1. The van der Waals surface area contributed by atoms with Crippen LogP contribution in [0, 0.1) is 5.92 Å². The summed E-state index contributed by atoms with van der Waals surface area (Å²) >= 11 is 7.24. The number of pyridine rings is 1. The molecule has 1 saturated carbocycles. The molecule has 1 aliphatic heterocycles. The van der Waals surface area contributed by atoms with Gasteiger partial charge in [0.1, 0.15) is 11.5 Å². The first-order valence-corrected chi connectivity index (χ1v) is 19.4. The zero-order valence-corrected chi connectivity index (χ0v) is 33.3. The molecule has 13 heteroatoms. The number of aromatic nitrogens is 3. The minimum absolute atomic E-state index is 0.0370. The molecule has 56 heavy (non-hydrogen) atoms. The highest BCUT2D eigenvalue weighted by molar-refractivity contribution is 6.36. The lowest BCUT2D eigenvalue weighted by Crippen LogP contribution is -2.47. The molecule has 3 heterocycles. The third-order valence-electron chi connectivity index (χ3n) is 11.5. The van der Waals surface area contributed by atoms with Crippen LogP contribution in [-0.2, 0) is 22.6 Å². The van der Waals surface area contributed by atoms with Crippen molar-refractivity contribution in [3.63, 3.8) is 0 Å². The van der Waals surface area contributed by atoms with Gasteiger partial charge in [0, 0.05) is 66.0 Å². The summed E-state index contributed by atoms with van der Waals surface area (Å²) in [6.45, 7) is 2.09. The molecule has 7 rings (SSSR count). The second-order valence-corrected chi connectivity index (χ2v) is 15.2. The second-order valence-electron chi connectivity index (χ2n) is 14.8. The van der Waals surface area contributed by atoms with E-state index in [1.807, 2.05) is 78.6 Å². The number of halogens is 1. The van der Waals surface area contributed by atoms with E-state index in [1.165, 1.54) is 0 Å². The monoisotopic (exact) mass is 783 g/mol. The van der Waals surface area contributed by atoms with Crippen LogP contribution in [0.4, 0.5) is 0 Å². The lowest BCUT2D eigenvalue weighted by Gasteiger charge is -2.35. The van der Waals surface area contributed by atoms with Crippen LogP contribution in [0.15, 0.2) is 66.9 Å². The Morgan fingerprint density at radius 2 is 1.59 bits per heavy atom. The Balaban J connectivity index is 1.16. The van der Waals surface area contributed by atoms with Gasteiger partial charge in [-0.15, -0.1) is 0 Å². The van der Waals surface area contributed by atoms with Gasteiger partial charge in [0.05, 0.1) is 73.6 Å². The lowest BCUT2D eigenvalue weighted by molar-refractivity contribution is -0.143. The fourth-order valence-electron chi connectivity index (χ4n) is 8.35. The van der Waals surface area contributed by atoms with E-state index in [4.69, 9.17) is 40.6 Å². The molecule has 3 aromatic carbocycles. The number of benzene rings is 3. The predicted molar refractivity (Wildman–Crippen MR) is 216 cm³/mol. The molecule has 2 aliphatic rings. The molecule has 0 unspecified atom stereocenters. The summed E-state index contributed by atoms with van der Waals surface area (Å²) in [5.74, 6) is 0.906. The number of methoxy groups -OCH3 is 3. The fraction of sp³-hybridized carbons (Fsp3) is 0.419. The van der Waals surface area contributed by atoms with Crippen LogP contribution in [0.25, 0.3) is 39.0 Å². The first-order chi connectivity index (χ1) is 27.1. The highest BCUT2D eigenvalue weighted by Crippen LogP contribution is 2.41. The number of aliphatic hydroxyl groups excluding tert-OH is 1. The molecule has 296 valence electrons. The molecule has 2 fully saturated rings. The van der Waals surface area contributed by atoms with Crippen LogP contribution in [0.2, 0.25) is 5.02 Å². The maximum absolute atomic E-state index is 11.4. The Bertz CT molecular complexity index is 2160. The fourth-order valence-corrected chi connectivity index (χ4v) is 8.67. The Morgan fingerprint density at radius 1 is 0.893 bits per heavy atom. The second kappa shape index (κ2) is 17.2. The van der Waals surface area contributed by atoms with E-state index in [0.717, 1.165) is 63.7 Å². The molecule has 1 saturated heterocycles.